The highest BCUT2D eigenvalue weighted by Gasteiger charge is 2.27. The maximum atomic E-state index is 13.4. The van der Waals surface area contributed by atoms with Gasteiger partial charge in [-0.2, -0.15) is 4.31 Å². The van der Waals surface area contributed by atoms with Gasteiger partial charge in [0.2, 0.25) is 10.0 Å². The van der Waals surface area contributed by atoms with Crippen LogP contribution in [-0.4, -0.2) is 60.8 Å². The van der Waals surface area contributed by atoms with Crippen LogP contribution in [-0.2, 0) is 10.0 Å². The quantitative estimate of drug-likeness (QED) is 0.393. The summed E-state index contributed by atoms with van der Waals surface area (Å²) in [6, 6.07) is 10.4. The smallest absolute Gasteiger partial charge is 0.274 e. The summed E-state index contributed by atoms with van der Waals surface area (Å²) in [6.45, 7) is 8.56. The molecule has 1 aromatic heterocycles. The Morgan fingerprint density at radius 1 is 1.14 bits per heavy atom. The van der Waals surface area contributed by atoms with Gasteiger partial charge in [0.25, 0.3) is 11.1 Å². The predicted octanol–water partition coefficient (Wildman–Crippen LogP) is 4.48. The number of benzene rings is 2. The molecule has 10 heteroatoms. The molecule has 2 heterocycles. The van der Waals surface area contributed by atoms with Gasteiger partial charge in [0.05, 0.1) is 15.1 Å². The van der Waals surface area contributed by atoms with Gasteiger partial charge in [0, 0.05) is 44.6 Å². The fourth-order valence-electron chi connectivity index (χ4n) is 3.91. The Bertz CT molecular complexity index is 1320. The van der Waals surface area contributed by atoms with E-state index in [4.69, 9.17) is 4.74 Å². The van der Waals surface area contributed by atoms with E-state index in [1.54, 1.807) is 11.0 Å². The largest absolute Gasteiger partial charge is 0.467 e. The second-order valence-corrected chi connectivity index (χ2v) is 11.1. The molecule has 0 unspecified atom stereocenters. The van der Waals surface area contributed by atoms with E-state index in [1.165, 1.54) is 64.2 Å². The summed E-state index contributed by atoms with van der Waals surface area (Å²) in [4.78, 5) is 19.2. The van der Waals surface area contributed by atoms with Crippen molar-refractivity contribution in [2.75, 3.05) is 26.2 Å². The third kappa shape index (κ3) is 5.61. The monoisotopic (exact) mass is 515 g/mol. The molecular formula is C25H26FN3O4S2. The number of carbonyl (C=O) groups is 1. The fourth-order valence-corrected chi connectivity index (χ4v) is 6.19. The topological polar surface area (TPSA) is 79.8 Å². The summed E-state index contributed by atoms with van der Waals surface area (Å²) in [6.07, 6.45) is 4.23. The molecular weight excluding hydrogens is 489 g/mol. The molecule has 7 nitrogen and oxygen atoms in total. The Hall–Kier alpha value is -3.08. The van der Waals surface area contributed by atoms with E-state index >= 15 is 0 Å². The fraction of sp³-hybridized carbons (Fsp3) is 0.280. The maximum Gasteiger partial charge on any atom is 0.274 e. The molecule has 0 atom stereocenters. The van der Waals surface area contributed by atoms with Crippen LogP contribution in [0.4, 0.5) is 4.39 Å². The molecule has 0 aliphatic carbocycles. The number of amides is 1. The lowest BCUT2D eigenvalue weighted by atomic mass is 10.1. The molecule has 3 aromatic rings. The van der Waals surface area contributed by atoms with Crippen molar-refractivity contribution in [3.63, 3.8) is 0 Å². The first kappa shape index (κ1) is 25.0. The van der Waals surface area contributed by atoms with Crippen molar-refractivity contribution in [3.05, 3.63) is 79.2 Å². The van der Waals surface area contributed by atoms with Gasteiger partial charge in [-0.15, -0.1) is 13.2 Å². The number of aromatic nitrogens is 1. The summed E-state index contributed by atoms with van der Waals surface area (Å²) in [5, 5.41) is 0.495. The van der Waals surface area contributed by atoms with Crippen molar-refractivity contribution >= 4 is 37.5 Å². The minimum Gasteiger partial charge on any atom is -0.467 e. The van der Waals surface area contributed by atoms with Crippen LogP contribution in [0.25, 0.3) is 10.2 Å². The van der Waals surface area contributed by atoms with Crippen LogP contribution in [0, 0.1) is 5.82 Å². The number of halogens is 1. The molecule has 0 radical (unpaired) electrons. The van der Waals surface area contributed by atoms with Gasteiger partial charge in [-0.1, -0.05) is 23.5 Å². The van der Waals surface area contributed by atoms with Gasteiger partial charge in [0.1, 0.15) is 11.9 Å². The SMILES string of the molecule is C=CCN(CC=C)S(=O)(=O)c1ccc(C(=O)N2CCC(Oc3nc4ccc(F)cc4s3)CC2)cc1. The van der Waals surface area contributed by atoms with Crippen molar-refractivity contribution in [3.8, 4) is 5.19 Å². The van der Waals surface area contributed by atoms with Crippen LogP contribution in [0.15, 0.2) is 72.7 Å². The molecule has 1 aliphatic heterocycles. The zero-order chi connectivity index (χ0) is 25.0. The molecule has 0 spiro atoms. The van der Waals surface area contributed by atoms with Gasteiger partial charge < -0.3 is 9.64 Å². The second-order valence-electron chi connectivity index (χ2n) is 8.12. The van der Waals surface area contributed by atoms with E-state index in [2.05, 4.69) is 18.1 Å². The molecule has 1 amide bonds. The molecule has 4 rings (SSSR count). The number of sulfonamides is 1. The van der Waals surface area contributed by atoms with E-state index in [0.29, 0.717) is 42.2 Å². The van der Waals surface area contributed by atoms with Crippen molar-refractivity contribution in [1.82, 2.24) is 14.2 Å². The lowest BCUT2D eigenvalue weighted by Gasteiger charge is -2.31. The van der Waals surface area contributed by atoms with Crippen LogP contribution < -0.4 is 4.74 Å². The Labute approximate surface area is 208 Å². The molecule has 1 fully saturated rings. The normalized spacial score (nSPS) is 14.9. The standard InChI is InChI=1S/C25H26FN3O4S2/c1-3-13-29(14-4-2)35(31,32)21-8-5-18(6-9-21)24(30)28-15-11-20(12-16-28)33-25-27-22-10-7-19(26)17-23(22)34-25/h3-10,17,20H,1-2,11-16H2. The van der Waals surface area contributed by atoms with Crippen molar-refractivity contribution in [1.29, 1.82) is 0 Å². The second kappa shape index (κ2) is 10.7. The van der Waals surface area contributed by atoms with E-state index in [0.717, 1.165) is 4.70 Å². The van der Waals surface area contributed by atoms with Gasteiger partial charge in [0.15, 0.2) is 0 Å². The molecule has 1 saturated heterocycles. The highest BCUT2D eigenvalue weighted by atomic mass is 32.2. The van der Waals surface area contributed by atoms with Gasteiger partial charge in [-0.25, -0.2) is 17.8 Å². The van der Waals surface area contributed by atoms with Crippen molar-refractivity contribution < 1.29 is 22.3 Å². The summed E-state index contributed by atoms with van der Waals surface area (Å²) in [5.74, 6) is -0.465. The van der Waals surface area contributed by atoms with E-state index in [-0.39, 0.29) is 35.8 Å². The highest BCUT2D eigenvalue weighted by molar-refractivity contribution is 7.89. The molecule has 184 valence electrons. The number of thiazole rings is 1. The number of nitrogens with zero attached hydrogens (tertiary/aromatic N) is 3. The minimum absolute atomic E-state index is 0.0855. The summed E-state index contributed by atoms with van der Waals surface area (Å²) >= 11 is 1.30. The van der Waals surface area contributed by atoms with Gasteiger partial charge >= 0.3 is 0 Å². The number of ether oxygens (including phenoxy) is 1. The lowest BCUT2D eigenvalue weighted by Crippen LogP contribution is -2.41. The zero-order valence-corrected chi connectivity index (χ0v) is 20.7. The predicted molar refractivity (Wildman–Crippen MR) is 135 cm³/mol. The third-order valence-electron chi connectivity index (χ3n) is 5.73. The van der Waals surface area contributed by atoms with Crippen LogP contribution in [0.1, 0.15) is 23.2 Å². The molecule has 1 aliphatic rings. The first-order valence-electron chi connectivity index (χ1n) is 11.2. The number of hydrogen-bond donors (Lipinski definition) is 0. The Kier molecular flexibility index (Phi) is 7.63. The third-order valence-corrected chi connectivity index (χ3v) is 8.49. The Balaban J connectivity index is 1.36. The number of carbonyl (C=O) groups excluding carboxylic acids is 1. The number of piperidine rings is 1. The van der Waals surface area contributed by atoms with E-state index in [1.807, 2.05) is 0 Å². The maximum absolute atomic E-state index is 13.4. The number of likely N-dealkylation sites (tertiary alicyclic amines) is 1. The van der Waals surface area contributed by atoms with Crippen molar-refractivity contribution in [2.24, 2.45) is 0 Å². The Morgan fingerprint density at radius 3 is 2.43 bits per heavy atom. The number of hydrogen-bond acceptors (Lipinski definition) is 6. The van der Waals surface area contributed by atoms with Crippen LogP contribution in [0.5, 0.6) is 5.19 Å². The molecule has 2 aromatic carbocycles. The molecule has 0 bridgehead atoms. The first-order chi connectivity index (χ1) is 16.8. The molecule has 0 saturated carbocycles. The van der Waals surface area contributed by atoms with Crippen LogP contribution in [0.2, 0.25) is 0 Å². The summed E-state index contributed by atoms with van der Waals surface area (Å²) in [5.41, 5.74) is 1.12. The van der Waals surface area contributed by atoms with Crippen molar-refractivity contribution in [2.45, 2.75) is 23.8 Å². The highest BCUT2D eigenvalue weighted by Crippen LogP contribution is 2.30. The average Bonchev–Trinajstić information content (AvgIpc) is 3.25. The number of fused-ring (bicyclic) bond motifs is 1. The van der Waals surface area contributed by atoms with Gasteiger partial charge in [-0.05, 0) is 42.5 Å². The van der Waals surface area contributed by atoms with Crippen LogP contribution in [0.3, 0.4) is 0 Å². The van der Waals surface area contributed by atoms with E-state index < -0.39 is 10.0 Å². The molecule has 0 N–H and O–H groups in total. The first-order valence-corrected chi connectivity index (χ1v) is 13.4. The summed E-state index contributed by atoms with van der Waals surface area (Å²) < 4.78 is 47.1. The van der Waals surface area contributed by atoms with E-state index in [9.17, 15) is 17.6 Å². The zero-order valence-electron chi connectivity index (χ0n) is 19.1. The lowest BCUT2D eigenvalue weighted by molar-refractivity contribution is 0.0595. The Morgan fingerprint density at radius 2 is 1.80 bits per heavy atom. The minimum atomic E-state index is -3.72. The number of rotatable bonds is 9. The van der Waals surface area contributed by atoms with Gasteiger partial charge in [-0.3, -0.25) is 4.79 Å². The molecule has 35 heavy (non-hydrogen) atoms. The average molecular weight is 516 g/mol. The van der Waals surface area contributed by atoms with Crippen LogP contribution >= 0.6 is 11.3 Å². The summed E-state index contributed by atoms with van der Waals surface area (Å²) in [7, 11) is -3.72.